The van der Waals surface area contributed by atoms with Gasteiger partial charge in [-0.15, -0.1) is 0 Å². The van der Waals surface area contributed by atoms with Crippen LogP contribution in [0, 0.1) is 23.7 Å². The Labute approximate surface area is 759 Å². The first-order valence-electron chi connectivity index (χ1n) is 46.5. The number of unbranched alkanes of at least 4 members (excludes halogenated alkanes) is 3. The number of hydrogen-bond donors (Lipinski definition) is 5. The lowest BCUT2D eigenvalue weighted by molar-refractivity contribution is -0.145. The summed E-state index contributed by atoms with van der Waals surface area (Å²) in [4.78, 5) is 99.2. The Bertz CT molecular complexity index is 2760. The number of carboxylic acids is 2. The lowest BCUT2D eigenvalue weighted by Crippen LogP contribution is -2.41. The summed E-state index contributed by atoms with van der Waals surface area (Å²) in [5.41, 5.74) is 7.58. The van der Waals surface area contributed by atoms with Crippen molar-refractivity contribution in [1.29, 1.82) is 0 Å². The van der Waals surface area contributed by atoms with Gasteiger partial charge in [-0.05, 0) is 95.7 Å². The average molecular weight is 1840 g/mol. The molecule has 0 heterocycles. The molecular weight excluding hydrogens is 1680 g/mol. The number of nitrogens with two attached hydrogens (primary N) is 1. The van der Waals surface area contributed by atoms with Crippen LogP contribution in [0.25, 0.3) is 0 Å². The molecular formula is C91H161N3O34. The van der Waals surface area contributed by atoms with Crippen LogP contribution in [0.3, 0.4) is 0 Å². The average Bonchev–Trinajstić information content (AvgIpc) is 0.870. The molecule has 37 heteroatoms. The summed E-state index contributed by atoms with van der Waals surface area (Å²) in [6.45, 7) is 23.4. The Morgan fingerprint density at radius 2 is 0.688 bits per heavy atom. The third-order valence-electron chi connectivity index (χ3n) is 19.9. The van der Waals surface area contributed by atoms with E-state index in [9.17, 15) is 48.6 Å². The first-order chi connectivity index (χ1) is 62.7. The van der Waals surface area contributed by atoms with E-state index in [-0.39, 0.29) is 93.6 Å². The van der Waals surface area contributed by atoms with Crippen molar-refractivity contribution in [3.63, 3.8) is 0 Å². The fourth-order valence-corrected chi connectivity index (χ4v) is 12.7. The van der Waals surface area contributed by atoms with Crippen molar-refractivity contribution in [2.75, 3.05) is 331 Å². The number of aryl methyl sites for hydroxylation is 1. The maximum absolute atomic E-state index is 13.0. The molecule has 0 aromatic heterocycles. The number of carboxylic acid groups (broad SMARTS) is 2. The lowest BCUT2D eigenvalue weighted by Gasteiger charge is -2.28. The quantitative estimate of drug-likeness (QED) is 0.0359. The summed E-state index contributed by atoms with van der Waals surface area (Å²) >= 11 is 0. The van der Waals surface area contributed by atoms with Gasteiger partial charge < -0.3 is 140 Å². The maximum Gasteiger partial charge on any atom is 0.306 e. The topological polar surface area (TPSA) is 449 Å². The number of amides is 2. The zero-order valence-corrected chi connectivity index (χ0v) is 77.2. The molecule has 0 radical (unpaired) electrons. The predicted molar refractivity (Wildman–Crippen MR) is 471 cm³/mol. The van der Waals surface area contributed by atoms with Crippen LogP contribution >= 0.6 is 0 Å². The van der Waals surface area contributed by atoms with Gasteiger partial charge >= 0.3 is 11.9 Å². The van der Waals surface area contributed by atoms with Crippen molar-refractivity contribution in [1.82, 2.24) is 10.6 Å². The van der Waals surface area contributed by atoms with Crippen LogP contribution in [0.4, 0.5) is 0 Å². The molecule has 6 N–H and O–H groups in total. The number of rotatable bonds is 103. The standard InChI is InChI=1S/C91H161N3O34/c1-3-4-9-77-13-17-79(18-14-77)85(96)11-7-5-6-10-81(90(92)102)74-83(95)25-27-106-29-31-108-33-35-110-37-39-112-41-43-114-45-47-116-49-51-118-53-55-120-57-59-122-61-63-124-65-67-126-69-71-128-73-72-127-70-68-125-66-64-123-62-60-121-58-56-119-54-52-117-50-48-115-46-44-113-42-40-111-38-36-109-34-32-107-30-28-105-26-8-12-86(97)84(22-24-89(100)101)94-88(99)23-21-82(91(103)104)75-87(98)80-19-15-78(16-20-80)76-93-2/h13-14,17-18,78,80-82,84,93H,3-12,15-16,19-76H2,1-2H3,(H2,92,102)(H,94,99)(H,100,101)(H,103,104)/t78-,80+,81-,82-,84+/m1/s1. The van der Waals surface area contributed by atoms with E-state index < -0.39 is 41.6 Å². The van der Waals surface area contributed by atoms with Crippen LogP contribution in [-0.2, 0) is 154 Å². The zero-order chi connectivity index (χ0) is 92.4. The van der Waals surface area contributed by atoms with Gasteiger partial charge in [-0.1, -0.05) is 50.5 Å². The Kier molecular flexibility index (Phi) is 84.4. The number of nitrogens with one attached hydrogen (secondary N) is 2. The van der Waals surface area contributed by atoms with Crippen LogP contribution in [0.2, 0.25) is 0 Å². The molecule has 37 nitrogen and oxygen atoms in total. The molecule has 0 unspecified atom stereocenters. The van der Waals surface area contributed by atoms with E-state index in [1.807, 2.05) is 31.3 Å². The van der Waals surface area contributed by atoms with E-state index in [1.54, 1.807) is 0 Å². The highest BCUT2D eigenvalue weighted by Crippen LogP contribution is 2.31. The molecule has 1 saturated carbocycles. The predicted octanol–water partition coefficient (Wildman–Crippen LogP) is 6.18. The molecule has 744 valence electrons. The van der Waals surface area contributed by atoms with Crippen molar-refractivity contribution < 1.29 is 162 Å². The van der Waals surface area contributed by atoms with E-state index in [0.29, 0.717) is 329 Å². The summed E-state index contributed by atoms with van der Waals surface area (Å²) in [5, 5.41) is 24.8. The summed E-state index contributed by atoms with van der Waals surface area (Å²) in [6, 6.07) is 6.85. The first-order valence-corrected chi connectivity index (χ1v) is 46.5. The van der Waals surface area contributed by atoms with Crippen molar-refractivity contribution in [3.05, 3.63) is 35.4 Å². The van der Waals surface area contributed by atoms with Crippen molar-refractivity contribution in [3.8, 4) is 0 Å². The van der Waals surface area contributed by atoms with Gasteiger partial charge in [0.15, 0.2) is 11.6 Å². The second kappa shape index (κ2) is 90.9. The number of Topliss-reactive ketones (excluding diaryl/α,β-unsaturated/α-hetero) is 4. The molecule has 3 atom stereocenters. The third-order valence-corrected chi connectivity index (χ3v) is 19.9. The number of carbonyl (C=O) groups is 8. The number of benzene rings is 1. The Hall–Kier alpha value is -5.22. The molecule has 2 rings (SSSR count). The van der Waals surface area contributed by atoms with Crippen LogP contribution in [-0.4, -0.2) is 394 Å². The van der Waals surface area contributed by atoms with Crippen LogP contribution < -0.4 is 16.4 Å². The Balaban J connectivity index is 1.16. The monoisotopic (exact) mass is 1840 g/mol. The first kappa shape index (κ1) is 119. The van der Waals surface area contributed by atoms with Gasteiger partial charge in [0.1, 0.15) is 11.6 Å². The molecule has 1 aromatic carbocycles. The summed E-state index contributed by atoms with van der Waals surface area (Å²) in [7, 11) is 1.89. The zero-order valence-electron chi connectivity index (χ0n) is 77.2. The minimum Gasteiger partial charge on any atom is -0.481 e. The molecule has 0 spiro atoms. The van der Waals surface area contributed by atoms with Gasteiger partial charge in [-0.3, -0.25) is 38.4 Å². The Morgan fingerprint density at radius 1 is 0.352 bits per heavy atom. The number of primary amides is 1. The number of carbonyl (C=O) groups excluding carboxylic acids is 6. The van der Waals surface area contributed by atoms with Gasteiger partial charge in [0.2, 0.25) is 11.8 Å². The van der Waals surface area contributed by atoms with Crippen LogP contribution in [0.5, 0.6) is 0 Å². The van der Waals surface area contributed by atoms with Gasteiger partial charge in [0.25, 0.3) is 0 Å². The van der Waals surface area contributed by atoms with Crippen LogP contribution in [0.15, 0.2) is 24.3 Å². The number of hydrogen-bond acceptors (Lipinski definition) is 33. The molecule has 0 aliphatic heterocycles. The molecule has 0 bridgehead atoms. The molecule has 1 aliphatic rings. The maximum atomic E-state index is 13.0. The lowest BCUT2D eigenvalue weighted by atomic mass is 9.78. The number of aliphatic carboxylic acids is 2. The van der Waals surface area contributed by atoms with E-state index >= 15 is 0 Å². The minimum atomic E-state index is -1.15. The van der Waals surface area contributed by atoms with E-state index in [4.69, 9.17) is 119 Å². The van der Waals surface area contributed by atoms with Gasteiger partial charge in [0.05, 0.1) is 322 Å². The molecule has 1 fully saturated rings. The Morgan fingerprint density at radius 3 is 1.00 bits per heavy atom. The third kappa shape index (κ3) is 77.2. The highest BCUT2D eigenvalue weighted by Gasteiger charge is 2.31. The highest BCUT2D eigenvalue weighted by molar-refractivity contribution is 5.96. The fraction of sp³-hybridized carbons (Fsp3) is 0.846. The minimum absolute atomic E-state index is 0.0472. The molecule has 0 saturated heterocycles. The molecule has 128 heavy (non-hydrogen) atoms. The summed E-state index contributed by atoms with van der Waals surface area (Å²) < 4.78 is 133. The van der Waals surface area contributed by atoms with E-state index in [2.05, 4.69) is 17.6 Å². The SMILES string of the molecule is CCCCc1ccc(C(=O)CCCCC[C@H](CC(=O)CCOCCOCCOCCOCCOCCOCCOCCOCCOCCOCCOCCOCCOCCOCCOCCOCCOCCOCCOCCOCCOCCOCCOCCOCCCC(=O)[C@H](CCC(=O)O)NC(=O)CC[C@H](CC(=O)[C@H]2CC[C@@H](CNC)CC2)C(=O)O)C(N)=O)cc1. The van der Waals surface area contributed by atoms with Crippen LogP contribution in [0.1, 0.15) is 151 Å². The van der Waals surface area contributed by atoms with E-state index in [0.717, 1.165) is 76.3 Å². The van der Waals surface area contributed by atoms with Crippen molar-refractivity contribution in [2.24, 2.45) is 29.4 Å². The van der Waals surface area contributed by atoms with Crippen molar-refractivity contribution in [2.45, 2.75) is 148 Å². The molecule has 1 aromatic rings. The molecule has 2 amide bonds. The second-order valence-electron chi connectivity index (χ2n) is 30.3. The summed E-state index contributed by atoms with van der Waals surface area (Å²) in [5.74, 6) is -4.90. The normalized spacial score (nSPS) is 14.2. The number of ether oxygens (including phenoxy) is 24. The largest absolute Gasteiger partial charge is 0.481 e. The highest BCUT2D eigenvalue weighted by atomic mass is 16.6. The van der Waals surface area contributed by atoms with E-state index in [1.165, 1.54) is 5.56 Å². The summed E-state index contributed by atoms with van der Waals surface area (Å²) in [6.07, 6.45) is 9.61. The smallest absolute Gasteiger partial charge is 0.306 e. The molecule has 1 aliphatic carbocycles. The van der Waals surface area contributed by atoms with Gasteiger partial charge in [-0.2, -0.15) is 0 Å². The van der Waals surface area contributed by atoms with Gasteiger partial charge in [-0.25, -0.2) is 0 Å². The fourth-order valence-electron chi connectivity index (χ4n) is 12.7. The van der Waals surface area contributed by atoms with Gasteiger partial charge in [0, 0.05) is 69.0 Å². The van der Waals surface area contributed by atoms with Crippen molar-refractivity contribution >= 4 is 46.9 Å². The number of ketones is 4. The second-order valence-corrected chi connectivity index (χ2v) is 30.3.